The number of halogens is 7. The normalized spacial score (nSPS) is 10.8. The van der Waals surface area contributed by atoms with Crippen LogP contribution in [0.15, 0.2) is 16.6 Å². The number of nitrogens with zero attached hydrogens (tertiary/aromatic N) is 1. The van der Waals surface area contributed by atoms with Gasteiger partial charge in [-0.2, -0.15) is 22.5 Å². The number of ether oxygens (including phenoxy) is 1. The molecule has 0 atom stereocenters. The van der Waals surface area contributed by atoms with Crippen LogP contribution in [0.5, 0.6) is 11.5 Å². The number of benzene rings is 1. The van der Waals surface area contributed by atoms with Gasteiger partial charge in [0, 0.05) is 6.07 Å². The van der Waals surface area contributed by atoms with E-state index >= 15 is 0 Å². The lowest BCUT2D eigenvalue weighted by molar-refractivity contribution is 0.341. The summed E-state index contributed by atoms with van der Waals surface area (Å²) < 4.78 is 70.4. The molecular formula is C11H2BrClF5NO. The lowest BCUT2D eigenvalue weighted by atomic mass is 10.3. The van der Waals surface area contributed by atoms with E-state index in [1.165, 1.54) is 0 Å². The van der Waals surface area contributed by atoms with Gasteiger partial charge in [-0.25, -0.2) is 4.39 Å². The van der Waals surface area contributed by atoms with Gasteiger partial charge >= 0.3 is 0 Å². The zero-order valence-electron chi connectivity index (χ0n) is 9.16. The Hall–Kier alpha value is -1.41. The molecular weight excluding hydrogens is 372 g/mol. The Morgan fingerprint density at radius 1 is 1.00 bits per heavy atom. The van der Waals surface area contributed by atoms with E-state index in [0.717, 1.165) is 6.07 Å². The summed E-state index contributed by atoms with van der Waals surface area (Å²) in [5, 5.41) is -0.280. The molecule has 0 saturated carbocycles. The van der Waals surface area contributed by atoms with Gasteiger partial charge in [0.15, 0.2) is 0 Å². The summed E-state index contributed by atoms with van der Waals surface area (Å²) >= 11 is 8.36. The van der Waals surface area contributed by atoms with Crippen molar-refractivity contribution in [3.05, 3.63) is 51.0 Å². The Balaban J connectivity index is 2.53. The van der Waals surface area contributed by atoms with Crippen LogP contribution in [-0.2, 0) is 0 Å². The minimum Gasteiger partial charge on any atom is -0.449 e. The van der Waals surface area contributed by atoms with Crippen molar-refractivity contribution < 1.29 is 26.7 Å². The Labute approximate surface area is 122 Å². The number of hydrogen-bond acceptors (Lipinski definition) is 2. The van der Waals surface area contributed by atoms with Crippen molar-refractivity contribution in [3.63, 3.8) is 0 Å². The van der Waals surface area contributed by atoms with Crippen LogP contribution in [0.1, 0.15) is 0 Å². The summed E-state index contributed by atoms with van der Waals surface area (Å²) in [6, 6.07) is 1.75. The Morgan fingerprint density at radius 3 is 2.10 bits per heavy atom. The second-order valence-corrected chi connectivity index (χ2v) is 4.71. The van der Waals surface area contributed by atoms with Crippen molar-refractivity contribution >= 4 is 27.5 Å². The molecule has 0 saturated heterocycles. The fourth-order valence-electron chi connectivity index (χ4n) is 1.25. The molecule has 20 heavy (non-hydrogen) atoms. The van der Waals surface area contributed by atoms with Gasteiger partial charge in [0.2, 0.25) is 17.4 Å². The van der Waals surface area contributed by atoms with Crippen LogP contribution >= 0.6 is 27.5 Å². The van der Waals surface area contributed by atoms with E-state index in [-0.39, 0.29) is 9.50 Å². The zero-order valence-corrected chi connectivity index (χ0v) is 11.5. The Morgan fingerprint density at radius 2 is 1.55 bits per heavy atom. The molecule has 9 heteroatoms. The van der Waals surface area contributed by atoms with Gasteiger partial charge in [0.25, 0.3) is 11.9 Å². The van der Waals surface area contributed by atoms with Crippen molar-refractivity contribution in [2.45, 2.75) is 0 Å². The second-order valence-electron chi connectivity index (χ2n) is 3.45. The lowest BCUT2D eigenvalue weighted by Crippen LogP contribution is -2.03. The average Bonchev–Trinajstić information content (AvgIpc) is 2.38. The monoisotopic (exact) mass is 373 g/mol. The van der Waals surface area contributed by atoms with Crippen molar-refractivity contribution in [2.75, 3.05) is 0 Å². The second kappa shape index (κ2) is 5.53. The first-order valence-electron chi connectivity index (χ1n) is 4.83. The van der Waals surface area contributed by atoms with Crippen molar-refractivity contribution in [3.8, 4) is 11.5 Å². The first kappa shape index (κ1) is 15.0. The molecule has 106 valence electrons. The minimum absolute atomic E-state index is 0.0281. The SMILES string of the molecule is Fc1cc(Oc2c(F)c(F)nc(F)c2F)c(Br)cc1Cl. The molecule has 1 heterocycles. The molecule has 2 nitrogen and oxygen atoms in total. The number of pyridine rings is 1. The quantitative estimate of drug-likeness (QED) is 0.420. The molecule has 0 aliphatic heterocycles. The maximum atomic E-state index is 13.3. The van der Waals surface area contributed by atoms with Crippen LogP contribution in [0.3, 0.4) is 0 Å². The maximum Gasteiger partial charge on any atom is 0.255 e. The number of hydrogen-bond donors (Lipinski definition) is 0. The van der Waals surface area contributed by atoms with Gasteiger partial charge in [0.05, 0.1) is 9.50 Å². The molecule has 0 radical (unpaired) electrons. The van der Waals surface area contributed by atoms with E-state index < -0.39 is 40.8 Å². The predicted molar refractivity (Wildman–Crippen MR) is 63.3 cm³/mol. The fourth-order valence-corrected chi connectivity index (χ4v) is 1.97. The average molecular weight is 374 g/mol. The first-order chi connectivity index (χ1) is 9.31. The molecule has 0 bridgehead atoms. The Bertz CT molecular complexity index is 671. The summed E-state index contributed by atoms with van der Waals surface area (Å²) in [6.07, 6.45) is 0. The molecule has 1 aromatic carbocycles. The highest BCUT2D eigenvalue weighted by atomic mass is 79.9. The van der Waals surface area contributed by atoms with Gasteiger partial charge in [-0.15, -0.1) is 0 Å². The fraction of sp³-hybridized carbons (Fsp3) is 0. The zero-order chi connectivity index (χ0) is 15.0. The highest BCUT2D eigenvalue weighted by Crippen LogP contribution is 2.36. The molecule has 2 aromatic rings. The molecule has 0 unspecified atom stereocenters. The van der Waals surface area contributed by atoms with Crippen LogP contribution in [0, 0.1) is 29.3 Å². The smallest absolute Gasteiger partial charge is 0.255 e. The summed E-state index contributed by atoms with van der Waals surface area (Å²) in [5.41, 5.74) is 0. The summed E-state index contributed by atoms with van der Waals surface area (Å²) in [6.45, 7) is 0. The van der Waals surface area contributed by atoms with E-state index in [0.29, 0.717) is 6.07 Å². The highest BCUT2D eigenvalue weighted by molar-refractivity contribution is 9.10. The van der Waals surface area contributed by atoms with Gasteiger partial charge in [-0.3, -0.25) is 0 Å². The Kier molecular flexibility index (Phi) is 4.14. The van der Waals surface area contributed by atoms with E-state index in [9.17, 15) is 22.0 Å². The minimum atomic E-state index is -1.88. The van der Waals surface area contributed by atoms with Gasteiger partial charge in [0.1, 0.15) is 11.6 Å². The van der Waals surface area contributed by atoms with Crippen LogP contribution in [0.4, 0.5) is 22.0 Å². The largest absolute Gasteiger partial charge is 0.449 e. The van der Waals surface area contributed by atoms with Crippen LogP contribution in [-0.4, -0.2) is 4.98 Å². The van der Waals surface area contributed by atoms with Crippen LogP contribution in [0.25, 0.3) is 0 Å². The van der Waals surface area contributed by atoms with E-state index in [4.69, 9.17) is 11.6 Å². The van der Waals surface area contributed by atoms with Gasteiger partial charge in [-0.1, -0.05) is 11.6 Å². The molecule has 0 amide bonds. The highest BCUT2D eigenvalue weighted by Gasteiger charge is 2.23. The van der Waals surface area contributed by atoms with Gasteiger partial charge in [-0.05, 0) is 22.0 Å². The molecule has 0 aliphatic rings. The third-order valence-electron chi connectivity index (χ3n) is 2.14. The molecule has 2 rings (SSSR count). The van der Waals surface area contributed by atoms with Crippen molar-refractivity contribution in [1.29, 1.82) is 0 Å². The number of rotatable bonds is 2. The first-order valence-corrected chi connectivity index (χ1v) is 6.00. The third kappa shape index (κ3) is 2.71. The molecule has 0 spiro atoms. The summed E-state index contributed by atoms with van der Waals surface area (Å²) in [7, 11) is 0. The third-order valence-corrected chi connectivity index (χ3v) is 3.05. The van der Waals surface area contributed by atoms with E-state index in [1.54, 1.807) is 0 Å². The molecule has 0 aliphatic carbocycles. The van der Waals surface area contributed by atoms with Crippen LogP contribution in [0.2, 0.25) is 5.02 Å². The number of aromatic nitrogens is 1. The standard InChI is InChI=1S/C11H2BrClF5NO/c12-3-1-4(13)5(14)2-6(3)20-9-7(15)10(17)19-11(18)8(9)16/h1-2H. The summed E-state index contributed by atoms with van der Waals surface area (Å²) in [4.78, 5) is 2.36. The molecule has 0 N–H and O–H groups in total. The predicted octanol–water partition coefficient (Wildman–Crippen LogP) is 4.99. The molecule has 0 fully saturated rings. The van der Waals surface area contributed by atoms with Crippen LogP contribution < -0.4 is 4.74 Å². The van der Waals surface area contributed by atoms with E-state index in [2.05, 4.69) is 25.7 Å². The topological polar surface area (TPSA) is 22.1 Å². The van der Waals surface area contributed by atoms with E-state index in [1.807, 2.05) is 0 Å². The maximum absolute atomic E-state index is 13.3. The summed E-state index contributed by atoms with van der Waals surface area (Å²) in [5.74, 6) is -10.2. The molecule has 1 aromatic heterocycles. The van der Waals surface area contributed by atoms with Crippen molar-refractivity contribution in [1.82, 2.24) is 4.98 Å². The van der Waals surface area contributed by atoms with Gasteiger partial charge < -0.3 is 4.74 Å². The lowest BCUT2D eigenvalue weighted by Gasteiger charge is -2.10. The van der Waals surface area contributed by atoms with Crippen molar-refractivity contribution in [2.24, 2.45) is 0 Å².